The summed E-state index contributed by atoms with van der Waals surface area (Å²) in [6.07, 6.45) is 12.4. The van der Waals surface area contributed by atoms with E-state index in [0.717, 1.165) is 168 Å². The second-order valence-corrected chi connectivity index (χ2v) is 33.1. The van der Waals surface area contributed by atoms with Crippen molar-refractivity contribution in [2.75, 3.05) is 174 Å². The van der Waals surface area contributed by atoms with Gasteiger partial charge in [0.25, 0.3) is 0 Å². The van der Waals surface area contributed by atoms with Crippen molar-refractivity contribution in [3.8, 4) is 35.6 Å². The molecule has 0 bridgehead atoms. The van der Waals surface area contributed by atoms with Crippen molar-refractivity contribution in [3.05, 3.63) is 187 Å². The molecule has 0 saturated carbocycles. The predicted octanol–water partition coefficient (Wildman–Crippen LogP) is 10.6. The molecule has 3 amide bonds. The van der Waals surface area contributed by atoms with E-state index in [1.54, 1.807) is 11.0 Å². The van der Waals surface area contributed by atoms with Crippen molar-refractivity contribution in [2.24, 2.45) is 5.92 Å². The minimum Gasteiger partial charge on any atom is -0.508 e. The summed E-state index contributed by atoms with van der Waals surface area (Å²) in [5.74, 6) is 3.49. The molecule has 121 heavy (non-hydrogen) atoms. The lowest BCUT2D eigenvalue weighted by molar-refractivity contribution is -0.128. The van der Waals surface area contributed by atoms with E-state index in [4.69, 9.17) is 44.1 Å². The second kappa shape index (κ2) is 38.5. The van der Waals surface area contributed by atoms with Crippen LogP contribution in [0.15, 0.2) is 153 Å². The van der Waals surface area contributed by atoms with Crippen molar-refractivity contribution >= 4 is 98.1 Å². The fourth-order valence-electron chi connectivity index (χ4n) is 18.9. The third-order valence-electron chi connectivity index (χ3n) is 25.4. The van der Waals surface area contributed by atoms with Crippen LogP contribution < -0.4 is 48.9 Å². The molecule has 28 heteroatoms. The topological polar surface area (TPSA) is 268 Å². The Labute approximate surface area is 715 Å². The monoisotopic (exact) mass is 1660 g/mol. The Bertz CT molecular complexity index is 5290. The van der Waals surface area contributed by atoms with E-state index in [9.17, 15) is 29.9 Å². The first-order valence-corrected chi connectivity index (χ1v) is 42.8. The van der Waals surface area contributed by atoms with Crippen LogP contribution in [0.2, 0.25) is 0 Å². The second-order valence-electron chi connectivity index (χ2n) is 33.1. The van der Waals surface area contributed by atoms with Gasteiger partial charge in [0.2, 0.25) is 17.7 Å². The number of phenolic OH excluding ortho intramolecular Hbond substituents is 2. The van der Waals surface area contributed by atoms with Crippen molar-refractivity contribution in [3.63, 3.8) is 0 Å². The number of carbonyl (C=O) groups is 3. The van der Waals surface area contributed by atoms with Gasteiger partial charge in [-0.15, -0.1) is 0 Å². The number of nitrogens with zero attached hydrogens (tertiary/aromatic N) is 18. The quantitative estimate of drug-likeness (QED) is 0.0599. The Morgan fingerprint density at radius 2 is 0.942 bits per heavy atom. The molecule has 4 atom stereocenters. The number of benzene rings is 6. The number of ether oxygens (including phenoxy) is 3. The van der Waals surface area contributed by atoms with Crippen LogP contribution in [-0.2, 0) is 53.3 Å². The lowest BCUT2D eigenvalue weighted by atomic mass is 10.0. The van der Waals surface area contributed by atoms with Crippen LogP contribution in [0.5, 0.6) is 29.5 Å². The van der Waals surface area contributed by atoms with Gasteiger partial charge >= 0.3 is 18.0 Å². The summed E-state index contributed by atoms with van der Waals surface area (Å²) < 4.78 is 18.8. The lowest BCUT2D eigenvalue weighted by Gasteiger charge is -2.42. The maximum absolute atomic E-state index is 12.5. The zero-order chi connectivity index (χ0) is 82.9. The molecule has 12 heterocycles. The molecule has 6 aromatic carbocycles. The van der Waals surface area contributed by atoms with E-state index in [0.29, 0.717) is 154 Å². The number of nitrogens with one attached hydrogen (secondary N) is 1. The van der Waals surface area contributed by atoms with E-state index in [-0.39, 0.29) is 55.2 Å². The Kier molecular flexibility index (Phi) is 26.9. The predicted molar refractivity (Wildman–Crippen MR) is 480 cm³/mol. The van der Waals surface area contributed by atoms with Gasteiger partial charge in [-0.25, -0.2) is 0 Å². The average molecular weight is 1660 g/mol. The minimum atomic E-state index is -0.225. The maximum Gasteiger partial charge on any atom is 0.318 e. The molecular formula is C93H113N19O8S. The summed E-state index contributed by atoms with van der Waals surface area (Å²) in [4.78, 5) is 90.5. The van der Waals surface area contributed by atoms with E-state index >= 15 is 0 Å². The van der Waals surface area contributed by atoms with Gasteiger partial charge < -0.3 is 78.7 Å². The first kappa shape index (κ1) is 84.5. The number of hydrogen-bond acceptors (Lipinski definition) is 24. The molecule has 0 spiro atoms. The highest BCUT2D eigenvalue weighted by Gasteiger charge is 2.37. The molecule has 3 aromatic heterocycles. The smallest absolute Gasteiger partial charge is 0.318 e. The van der Waals surface area contributed by atoms with Gasteiger partial charge in [0.1, 0.15) is 42.2 Å². The fraction of sp³-hybridized carbons (Fsp3) is 0.441. The Balaban J connectivity index is 0.000000141. The molecule has 0 aliphatic carbocycles. The number of piperazine rings is 3. The Morgan fingerprint density at radius 1 is 0.496 bits per heavy atom. The molecule has 6 fully saturated rings. The number of aromatic hydroxyl groups is 2. The number of carbonyl (C=O) groups excluding carboxylic acids is 3. The average Bonchev–Trinajstić information content (AvgIpc) is 0.906. The normalized spacial score (nSPS) is 19.9. The van der Waals surface area contributed by atoms with Gasteiger partial charge in [-0.1, -0.05) is 105 Å². The number of likely N-dealkylation sites (N-methyl/N-ethyl adjacent to an activating group) is 1. The van der Waals surface area contributed by atoms with E-state index in [2.05, 4.69) is 146 Å². The molecule has 9 aromatic rings. The molecule has 27 nitrogen and oxygen atoms in total. The van der Waals surface area contributed by atoms with Crippen LogP contribution in [0.1, 0.15) is 86.1 Å². The minimum absolute atomic E-state index is 0. The van der Waals surface area contributed by atoms with E-state index < -0.39 is 0 Å². The molecule has 1 unspecified atom stereocenters. The third-order valence-corrected chi connectivity index (χ3v) is 25.4. The van der Waals surface area contributed by atoms with Crippen molar-refractivity contribution in [1.29, 1.82) is 5.26 Å². The van der Waals surface area contributed by atoms with Gasteiger partial charge in [0.15, 0.2) is 0 Å². The summed E-state index contributed by atoms with van der Waals surface area (Å²) in [6.45, 7) is 32.6. The Morgan fingerprint density at radius 3 is 1.42 bits per heavy atom. The molecule has 3 N–H and O–H groups in total. The number of fused-ring (bicyclic) bond motifs is 6. The molecule has 634 valence electrons. The number of phenols is 2. The largest absolute Gasteiger partial charge is 0.508 e. The molecule has 6 saturated heterocycles. The summed E-state index contributed by atoms with van der Waals surface area (Å²) in [5, 5.41) is 40.5. The van der Waals surface area contributed by atoms with Crippen LogP contribution >= 0.6 is 13.5 Å². The number of aromatic nitrogens is 6. The van der Waals surface area contributed by atoms with Crippen molar-refractivity contribution in [1.82, 2.24) is 59.7 Å². The highest BCUT2D eigenvalue weighted by atomic mass is 32.1. The van der Waals surface area contributed by atoms with Crippen LogP contribution in [-0.4, -0.2) is 251 Å². The number of hydrogen-bond donors (Lipinski definition) is 3. The number of nitriles is 1. The van der Waals surface area contributed by atoms with Gasteiger partial charge in [-0.3, -0.25) is 19.3 Å². The van der Waals surface area contributed by atoms with E-state index in [1.165, 1.54) is 47.5 Å². The highest BCUT2D eigenvalue weighted by molar-refractivity contribution is 7.59. The molecule has 9 aliphatic rings. The molecule has 9 aliphatic heterocycles. The Hall–Kier alpha value is -11.5. The number of likely N-dealkylation sites (tertiary alicyclic amines) is 2. The van der Waals surface area contributed by atoms with E-state index in [1.807, 2.05) is 64.4 Å². The number of amides is 3. The van der Waals surface area contributed by atoms with Crippen LogP contribution in [0.4, 0.5) is 34.5 Å². The summed E-state index contributed by atoms with van der Waals surface area (Å²) in [7, 11) is 2.14. The zero-order valence-electron chi connectivity index (χ0n) is 69.9. The number of rotatable bonds is 20. The van der Waals surface area contributed by atoms with Crippen LogP contribution in [0, 0.1) is 17.2 Å². The zero-order valence-corrected chi connectivity index (χ0v) is 70.9. The molecule has 18 rings (SSSR count). The van der Waals surface area contributed by atoms with Crippen molar-refractivity contribution in [2.45, 2.75) is 115 Å². The SMILES string of the molecule is C=CC(=O)N1CCN(c2nc(OC[C@@H]3CCCN3C(C)C)nc3c2CCN(c2cc(O)cc4ccccc24)C3)CC1.C=CC(=O)N1CCN(c2nc(OC[C@@H]3CCCN3C)nc3c2CCN(c2cccc4ccccc24)C3)CC1CC#N.C=CC(=O)N1CCN(c2nc(OC[C@@H]3CCNC3)nc3c2CCN(c2cc(O)cc4ccccc24)C3)CC1.S. The fourth-order valence-corrected chi connectivity index (χ4v) is 18.9. The first-order chi connectivity index (χ1) is 58.5. The van der Waals surface area contributed by atoms with Crippen LogP contribution in [0.3, 0.4) is 0 Å². The number of anilines is 6. The first-order valence-electron chi connectivity index (χ1n) is 42.8. The van der Waals surface area contributed by atoms with Gasteiger partial charge in [0.05, 0.1) is 61.9 Å². The van der Waals surface area contributed by atoms with Crippen molar-refractivity contribution < 1.29 is 38.8 Å². The summed E-state index contributed by atoms with van der Waals surface area (Å²) >= 11 is 0. The summed E-state index contributed by atoms with van der Waals surface area (Å²) in [6, 6.07) is 43.0. The molecule has 0 radical (unpaired) electrons. The standard InChI is InChI=1S/C32H37N7O2.C32H40N6O3.C29H34N6O3.H2S/c1-3-30(40)39-19-18-38(20-24(39)13-15-33)31-27-14-17-37(29-12-6-9-23-8-4-5-11-26(23)29)21-28(27)34-32(35-31)41-22-25-10-7-16-36(25)2;1-4-30(40)35-14-16-36(17-15-35)31-27-11-13-37(29-19-25(39)18-23-8-5-6-10-26(23)29)20-28(27)33-32(34-31)41-21-24-9-7-12-38(24)22(2)3;1-2-27(37)33-11-13-34(14-12-33)28-24-8-10-35(26-16-22(36)15-21-5-3-4-6-23(21)26)18-25(24)31-29(32-28)38-19-20-7-9-30-17-20;/h3-6,8-9,11-12,24-25H,1,7,10,13-14,16-22H2,2H3;4-6,8,10,18-19,22,24,39H,1,7,9,11-17,20-21H2,2-3H3;2-6,15-16,20,30,36H,1,7-14,17-19H2;1H2/t24?,25-;24-;20-;/m001./s1. The lowest BCUT2D eigenvalue weighted by Crippen LogP contribution is -2.55. The molecular weight excluding hydrogens is 1540 g/mol. The maximum atomic E-state index is 12.5. The van der Waals surface area contributed by atoms with Crippen LogP contribution in [0.25, 0.3) is 32.3 Å². The van der Waals surface area contributed by atoms with Gasteiger partial charge in [0, 0.05) is 184 Å². The summed E-state index contributed by atoms with van der Waals surface area (Å²) in [5.41, 5.74) is 9.52. The van der Waals surface area contributed by atoms with Gasteiger partial charge in [-0.05, 0) is 144 Å². The third kappa shape index (κ3) is 19.0. The van der Waals surface area contributed by atoms with Gasteiger partial charge in [-0.2, -0.15) is 48.7 Å². The highest BCUT2D eigenvalue weighted by Crippen LogP contribution is 2.41.